The molecule has 0 aromatic heterocycles. The number of hydrogen-bond acceptors (Lipinski definition) is 3. The lowest BCUT2D eigenvalue weighted by molar-refractivity contribution is -0.142. The fourth-order valence-electron chi connectivity index (χ4n) is 3.88. The van der Waals surface area contributed by atoms with Crippen molar-refractivity contribution in [2.45, 2.75) is 64.6 Å². The Hall–Kier alpha value is -2.34. The number of nitrogens with zero attached hydrogens (tertiary/aromatic N) is 1. The summed E-state index contributed by atoms with van der Waals surface area (Å²) in [5, 5.41) is 3.15. The summed E-state index contributed by atoms with van der Waals surface area (Å²) in [6.45, 7) is 3.98. The largest absolute Gasteiger partial charge is 0.484 e. The second-order valence-electron chi connectivity index (χ2n) is 8.22. The van der Waals surface area contributed by atoms with Crippen LogP contribution in [-0.4, -0.2) is 35.4 Å². The van der Waals surface area contributed by atoms with Crippen molar-refractivity contribution in [1.82, 2.24) is 10.2 Å². The molecule has 0 spiro atoms. The van der Waals surface area contributed by atoms with Crippen LogP contribution in [0.5, 0.6) is 5.75 Å². The summed E-state index contributed by atoms with van der Waals surface area (Å²) in [7, 11) is 0. The van der Waals surface area contributed by atoms with Crippen LogP contribution in [0.4, 0.5) is 0 Å². The number of rotatable bonds is 8. The number of nitrogens with one attached hydrogen (secondary N) is 1. The van der Waals surface area contributed by atoms with Gasteiger partial charge in [0, 0.05) is 17.1 Å². The third-order valence-electron chi connectivity index (χ3n) is 5.83. The molecule has 6 heteroatoms. The van der Waals surface area contributed by atoms with Gasteiger partial charge < -0.3 is 15.0 Å². The quantitative estimate of drug-likeness (QED) is 0.570. The molecule has 2 aromatic rings. The van der Waals surface area contributed by atoms with E-state index in [1.54, 1.807) is 11.8 Å². The van der Waals surface area contributed by atoms with E-state index in [1.807, 2.05) is 55.5 Å². The van der Waals surface area contributed by atoms with E-state index in [0.29, 0.717) is 12.3 Å². The van der Waals surface area contributed by atoms with Crippen molar-refractivity contribution in [3.63, 3.8) is 0 Å². The number of ether oxygens (including phenoxy) is 1. The Labute approximate surface area is 193 Å². The third-order valence-corrected chi connectivity index (χ3v) is 6.36. The van der Waals surface area contributed by atoms with E-state index in [1.165, 1.54) is 6.42 Å². The predicted molar refractivity (Wildman–Crippen MR) is 126 cm³/mol. The normalized spacial score (nSPS) is 15.2. The number of carbonyl (C=O) groups is 2. The van der Waals surface area contributed by atoms with E-state index >= 15 is 0 Å². The summed E-state index contributed by atoms with van der Waals surface area (Å²) in [6, 6.07) is 15.0. The summed E-state index contributed by atoms with van der Waals surface area (Å²) in [6.07, 6.45) is 5.54. The van der Waals surface area contributed by atoms with Crippen LogP contribution < -0.4 is 10.1 Å². The van der Waals surface area contributed by atoms with Gasteiger partial charge in [-0.15, -0.1) is 0 Å². The van der Waals surface area contributed by atoms with Gasteiger partial charge in [-0.2, -0.15) is 0 Å². The minimum Gasteiger partial charge on any atom is -0.484 e. The minimum absolute atomic E-state index is 0.103. The van der Waals surface area contributed by atoms with Crippen molar-refractivity contribution in [3.05, 3.63) is 64.1 Å². The molecule has 1 atom stereocenters. The second kappa shape index (κ2) is 11.3. The van der Waals surface area contributed by atoms with E-state index in [4.69, 9.17) is 4.74 Å². The highest BCUT2D eigenvalue weighted by Crippen LogP contribution is 2.20. The highest BCUT2D eigenvalue weighted by Gasteiger charge is 2.28. The molecule has 0 unspecified atom stereocenters. The molecule has 166 valence electrons. The number of halogens is 1. The maximum absolute atomic E-state index is 13.1. The minimum atomic E-state index is -0.585. The molecule has 1 fully saturated rings. The molecule has 2 amide bonds. The first-order valence-electron chi connectivity index (χ1n) is 11.0. The lowest BCUT2D eigenvalue weighted by Gasteiger charge is -2.31. The van der Waals surface area contributed by atoms with Crippen LogP contribution >= 0.6 is 15.9 Å². The van der Waals surface area contributed by atoms with E-state index in [2.05, 4.69) is 21.2 Å². The third kappa shape index (κ3) is 6.82. The van der Waals surface area contributed by atoms with Gasteiger partial charge in [-0.3, -0.25) is 9.59 Å². The molecule has 1 aliphatic carbocycles. The molecule has 5 nitrogen and oxygen atoms in total. The van der Waals surface area contributed by atoms with Crippen LogP contribution in [0.1, 0.15) is 50.2 Å². The summed E-state index contributed by atoms with van der Waals surface area (Å²) in [5.74, 6) is 0.365. The first-order valence-corrected chi connectivity index (χ1v) is 11.8. The van der Waals surface area contributed by atoms with Gasteiger partial charge in [-0.25, -0.2) is 0 Å². The van der Waals surface area contributed by atoms with Crippen molar-refractivity contribution >= 4 is 27.7 Å². The summed E-state index contributed by atoms with van der Waals surface area (Å²) >= 11 is 3.44. The van der Waals surface area contributed by atoms with Gasteiger partial charge >= 0.3 is 0 Å². The van der Waals surface area contributed by atoms with Crippen LogP contribution in [0.15, 0.2) is 53.0 Å². The fraction of sp³-hybridized carbons (Fsp3) is 0.440. The number of hydrogen-bond donors (Lipinski definition) is 1. The van der Waals surface area contributed by atoms with Gasteiger partial charge in [-0.05, 0) is 56.0 Å². The van der Waals surface area contributed by atoms with Gasteiger partial charge in [-0.1, -0.05) is 65.5 Å². The number of aryl methyl sites for hydroxylation is 1. The summed E-state index contributed by atoms with van der Waals surface area (Å²) in [4.78, 5) is 27.7. The summed E-state index contributed by atoms with van der Waals surface area (Å²) in [5.41, 5.74) is 1.93. The van der Waals surface area contributed by atoms with E-state index < -0.39 is 6.04 Å². The molecule has 0 radical (unpaired) electrons. The Morgan fingerprint density at radius 1 is 1.10 bits per heavy atom. The highest BCUT2D eigenvalue weighted by atomic mass is 79.9. The number of amides is 2. The molecule has 31 heavy (non-hydrogen) atoms. The predicted octanol–water partition coefficient (Wildman–Crippen LogP) is 5.00. The SMILES string of the molecule is Cc1ccccc1OCC(=O)N(Cc1ccc(Br)cc1)[C@H](C)C(=O)NC1CCCCC1. The molecule has 0 saturated heterocycles. The van der Waals surface area contributed by atoms with Crippen molar-refractivity contribution in [2.24, 2.45) is 0 Å². The molecule has 1 N–H and O–H groups in total. The first-order chi connectivity index (χ1) is 14.9. The lowest BCUT2D eigenvalue weighted by Crippen LogP contribution is -2.51. The van der Waals surface area contributed by atoms with Crippen LogP contribution in [-0.2, 0) is 16.1 Å². The van der Waals surface area contributed by atoms with Gasteiger partial charge in [0.05, 0.1) is 0 Å². The van der Waals surface area contributed by atoms with Crippen LogP contribution in [0.3, 0.4) is 0 Å². The zero-order chi connectivity index (χ0) is 22.2. The van der Waals surface area contributed by atoms with Crippen molar-refractivity contribution < 1.29 is 14.3 Å². The standard InChI is InChI=1S/C25H31BrN2O3/c1-18-8-6-7-11-23(18)31-17-24(29)28(16-20-12-14-21(26)15-13-20)19(2)25(30)27-22-9-4-3-5-10-22/h6-8,11-15,19,22H,3-5,9-10,16-17H2,1-2H3,(H,27,30)/t19-/m1/s1. The van der Waals surface area contributed by atoms with E-state index in [0.717, 1.165) is 41.3 Å². The Bertz CT molecular complexity index is 879. The van der Waals surface area contributed by atoms with Crippen LogP contribution in [0, 0.1) is 6.92 Å². The second-order valence-corrected chi connectivity index (χ2v) is 9.14. The van der Waals surface area contributed by atoms with Gasteiger partial charge in [0.25, 0.3) is 5.91 Å². The molecule has 0 heterocycles. The van der Waals surface area contributed by atoms with Gasteiger partial charge in [0.2, 0.25) is 5.91 Å². The Morgan fingerprint density at radius 3 is 2.45 bits per heavy atom. The van der Waals surface area contributed by atoms with Gasteiger partial charge in [0.1, 0.15) is 11.8 Å². The molecule has 1 aliphatic rings. The van der Waals surface area contributed by atoms with E-state index in [9.17, 15) is 9.59 Å². The topological polar surface area (TPSA) is 58.6 Å². The van der Waals surface area contributed by atoms with Crippen LogP contribution in [0.2, 0.25) is 0 Å². The molecule has 0 bridgehead atoms. The van der Waals surface area contributed by atoms with Gasteiger partial charge in [0.15, 0.2) is 6.61 Å². The maximum atomic E-state index is 13.1. The molecule has 1 saturated carbocycles. The average molecular weight is 487 g/mol. The van der Waals surface area contributed by atoms with E-state index in [-0.39, 0.29) is 24.5 Å². The monoisotopic (exact) mass is 486 g/mol. The Balaban J connectivity index is 1.70. The maximum Gasteiger partial charge on any atom is 0.261 e. The first kappa shape index (κ1) is 23.3. The van der Waals surface area contributed by atoms with Crippen molar-refractivity contribution in [2.75, 3.05) is 6.61 Å². The lowest BCUT2D eigenvalue weighted by atomic mass is 9.95. The number of para-hydroxylation sites is 1. The molecular weight excluding hydrogens is 456 g/mol. The molecule has 0 aliphatic heterocycles. The molecule has 3 rings (SSSR count). The number of benzene rings is 2. The molecule has 2 aromatic carbocycles. The zero-order valence-corrected chi connectivity index (χ0v) is 19.9. The van der Waals surface area contributed by atoms with Crippen molar-refractivity contribution in [3.8, 4) is 5.75 Å². The van der Waals surface area contributed by atoms with Crippen LogP contribution in [0.25, 0.3) is 0 Å². The molecular formula is C25H31BrN2O3. The average Bonchev–Trinajstić information content (AvgIpc) is 2.78. The Kier molecular flexibility index (Phi) is 8.52. The smallest absolute Gasteiger partial charge is 0.261 e. The zero-order valence-electron chi connectivity index (χ0n) is 18.3. The summed E-state index contributed by atoms with van der Waals surface area (Å²) < 4.78 is 6.76. The number of carbonyl (C=O) groups excluding carboxylic acids is 2. The highest BCUT2D eigenvalue weighted by molar-refractivity contribution is 9.10. The Morgan fingerprint density at radius 2 is 1.77 bits per heavy atom. The van der Waals surface area contributed by atoms with Crippen molar-refractivity contribution in [1.29, 1.82) is 0 Å². The fourth-order valence-corrected chi connectivity index (χ4v) is 4.14.